The van der Waals surface area contributed by atoms with Crippen LogP contribution in [0.4, 0.5) is 4.39 Å². The van der Waals surface area contributed by atoms with Gasteiger partial charge in [-0.25, -0.2) is 4.39 Å². The van der Waals surface area contributed by atoms with Crippen LogP contribution in [0, 0.1) is 5.82 Å². The molecule has 1 N–H and O–H groups in total. The minimum atomic E-state index is -0.192. The van der Waals surface area contributed by atoms with E-state index in [0.717, 1.165) is 49.9 Å². The molecule has 1 atom stereocenters. The maximum Gasteiger partial charge on any atom is 0.274 e. The minimum Gasteiger partial charge on any atom is -0.378 e. The zero-order valence-corrected chi connectivity index (χ0v) is 17.0. The first-order valence-corrected chi connectivity index (χ1v) is 10.6. The summed E-state index contributed by atoms with van der Waals surface area (Å²) in [6.45, 7) is 6.07. The lowest BCUT2D eigenvalue weighted by molar-refractivity contribution is 0.0297. The summed E-state index contributed by atoms with van der Waals surface area (Å²) in [5.74, 6) is -0.166. The average Bonchev–Trinajstić information content (AvgIpc) is 3.12. The molecule has 0 spiro atoms. The van der Waals surface area contributed by atoms with Crippen molar-refractivity contribution in [2.75, 3.05) is 32.8 Å². The number of fused-ring (bicyclic) bond motifs is 1. The van der Waals surface area contributed by atoms with Crippen molar-refractivity contribution in [3.05, 3.63) is 52.6 Å². The maximum atomic E-state index is 13.4. The normalized spacial score (nSPS) is 19.2. The Morgan fingerprint density at radius 1 is 1.34 bits per heavy atom. The van der Waals surface area contributed by atoms with Crippen LogP contribution in [-0.4, -0.2) is 59.5 Å². The van der Waals surface area contributed by atoms with Crippen LogP contribution in [0.1, 0.15) is 40.7 Å². The van der Waals surface area contributed by atoms with Crippen molar-refractivity contribution in [2.24, 2.45) is 0 Å². The number of nitrogens with zero attached hydrogens (tertiary/aromatic N) is 3. The number of halogens is 1. The molecular formula is C22H29FN4O2. The van der Waals surface area contributed by atoms with Gasteiger partial charge in [0.1, 0.15) is 5.82 Å². The number of aryl methyl sites for hydroxylation is 1. The predicted octanol–water partition coefficient (Wildman–Crippen LogP) is 2.20. The Morgan fingerprint density at radius 2 is 2.17 bits per heavy atom. The van der Waals surface area contributed by atoms with E-state index in [1.807, 2.05) is 15.6 Å². The molecule has 7 heteroatoms. The molecule has 6 nitrogen and oxygen atoms in total. The molecule has 2 heterocycles. The zero-order valence-electron chi connectivity index (χ0n) is 17.0. The van der Waals surface area contributed by atoms with Crippen LogP contribution in [0.25, 0.3) is 0 Å². The van der Waals surface area contributed by atoms with Gasteiger partial charge in [0.25, 0.3) is 5.91 Å². The van der Waals surface area contributed by atoms with Crippen LogP contribution >= 0.6 is 0 Å². The maximum absolute atomic E-state index is 13.4. The lowest BCUT2D eigenvalue weighted by Gasteiger charge is -2.28. The van der Waals surface area contributed by atoms with Gasteiger partial charge in [-0.2, -0.15) is 5.10 Å². The molecule has 2 aliphatic rings. The zero-order chi connectivity index (χ0) is 20.2. The number of benzene rings is 1. The predicted molar refractivity (Wildman–Crippen MR) is 109 cm³/mol. The molecule has 1 fully saturated rings. The summed E-state index contributed by atoms with van der Waals surface area (Å²) in [5, 5.41) is 8.27. The average molecular weight is 400 g/mol. The SMILES string of the molecule is CCn1nc(C(=O)N2CCOCC2)c2c1CC[C@@H](NCCc1cccc(F)c1)C2. The highest BCUT2D eigenvalue weighted by atomic mass is 19.1. The molecule has 0 unspecified atom stereocenters. The topological polar surface area (TPSA) is 59.4 Å². The van der Waals surface area contributed by atoms with Gasteiger partial charge in [0.05, 0.1) is 13.2 Å². The van der Waals surface area contributed by atoms with E-state index in [2.05, 4.69) is 17.3 Å². The Kier molecular flexibility index (Phi) is 6.25. The van der Waals surface area contributed by atoms with Gasteiger partial charge in [0.15, 0.2) is 5.69 Å². The monoisotopic (exact) mass is 400 g/mol. The number of ether oxygens (including phenoxy) is 1. The summed E-state index contributed by atoms with van der Waals surface area (Å²) in [6, 6.07) is 7.07. The van der Waals surface area contributed by atoms with E-state index in [4.69, 9.17) is 4.74 Å². The highest BCUT2D eigenvalue weighted by molar-refractivity contribution is 5.94. The van der Waals surface area contributed by atoms with Gasteiger partial charge in [0, 0.05) is 36.9 Å². The number of aromatic nitrogens is 2. The molecule has 1 aromatic heterocycles. The minimum absolute atomic E-state index is 0.0251. The highest BCUT2D eigenvalue weighted by Gasteiger charge is 2.31. The molecule has 1 saturated heterocycles. The van der Waals surface area contributed by atoms with Gasteiger partial charge in [0.2, 0.25) is 0 Å². The van der Waals surface area contributed by atoms with Crippen molar-refractivity contribution in [3.8, 4) is 0 Å². The molecule has 1 aliphatic carbocycles. The lowest BCUT2D eigenvalue weighted by atomic mass is 9.91. The van der Waals surface area contributed by atoms with E-state index in [-0.39, 0.29) is 11.7 Å². The van der Waals surface area contributed by atoms with Gasteiger partial charge >= 0.3 is 0 Å². The third kappa shape index (κ3) is 4.51. The lowest BCUT2D eigenvalue weighted by Crippen LogP contribution is -2.42. The van der Waals surface area contributed by atoms with E-state index in [1.54, 1.807) is 12.1 Å². The van der Waals surface area contributed by atoms with Crippen molar-refractivity contribution < 1.29 is 13.9 Å². The van der Waals surface area contributed by atoms with E-state index in [9.17, 15) is 9.18 Å². The van der Waals surface area contributed by atoms with E-state index in [0.29, 0.717) is 38.0 Å². The number of carbonyl (C=O) groups excluding carboxylic acids is 1. The number of rotatable bonds is 6. The molecule has 0 radical (unpaired) electrons. The molecule has 1 aliphatic heterocycles. The van der Waals surface area contributed by atoms with Crippen molar-refractivity contribution in [3.63, 3.8) is 0 Å². The van der Waals surface area contributed by atoms with Gasteiger partial charge in [-0.1, -0.05) is 12.1 Å². The summed E-state index contributed by atoms with van der Waals surface area (Å²) < 4.78 is 20.7. The Bertz CT molecular complexity index is 860. The van der Waals surface area contributed by atoms with Crippen molar-refractivity contribution in [1.82, 2.24) is 20.0 Å². The van der Waals surface area contributed by atoms with Crippen LogP contribution in [0.3, 0.4) is 0 Å². The Balaban J connectivity index is 1.43. The van der Waals surface area contributed by atoms with Crippen LogP contribution in [-0.2, 0) is 30.5 Å². The summed E-state index contributed by atoms with van der Waals surface area (Å²) in [5.41, 5.74) is 3.90. The number of hydrogen-bond acceptors (Lipinski definition) is 4. The second-order valence-corrected chi connectivity index (χ2v) is 7.77. The number of carbonyl (C=O) groups is 1. The number of amides is 1. The molecule has 2 aromatic rings. The summed E-state index contributed by atoms with van der Waals surface area (Å²) in [7, 11) is 0. The van der Waals surface area contributed by atoms with Crippen molar-refractivity contribution in [2.45, 2.75) is 45.2 Å². The van der Waals surface area contributed by atoms with Crippen LogP contribution in [0.2, 0.25) is 0 Å². The standard InChI is InChI=1S/C22H29FN4O2/c1-2-27-20-7-6-18(24-9-8-16-4-3-5-17(23)14-16)15-19(20)21(25-27)22(28)26-10-12-29-13-11-26/h3-5,14,18,24H,2,6-13,15H2,1H3/t18-/m1/s1. The molecule has 1 amide bonds. The first-order valence-electron chi connectivity index (χ1n) is 10.6. The van der Waals surface area contributed by atoms with Crippen LogP contribution in [0.5, 0.6) is 0 Å². The van der Waals surface area contributed by atoms with Gasteiger partial charge in [-0.05, 0) is 56.8 Å². The summed E-state index contributed by atoms with van der Waals surface area (Å²) in [4.78, 5) is 14.9. The van der Waals surface area contributed by atoms with Gasteiger partial charge in [-0.3, -0.25) is 9.48 Å². The van der Waals surface area contributed by atoms with Gasteiger partial charge in [-0.15, -0.1) is 0 Å². The molecule has 29 heavy (non-hydrogen) atoms. The van der Waals surface area contributed by atoms with Crippen LogP contribution < -0.4 is 5.32 Å². The second-order valence-electron chi connectivity index (χ2n) is 7.77. The fourth-order valence-electron chi connectivity index (χ4n) is 4.32. The third-order valence-electron chi connectivity index (χ3n) is 5.88. The molecule has 156 valence electrons. The first-order chi connectivity index (χ1) is 14.2. The van der Waals surface area contributed by atoms with E-state index >= 15 is 0 Å². The van der Waals surface area contributed by atoms with E-state index in [1.165, 1.54) is 11.8 Å². The quantitative estimate of drug-likeness (QED) is 0.808. The number of hydrogen-bond donors (Lipinski definition) is 1. The van der Waals surface area contributed by atoms with Crippen molar-refractivity contribution in [1.29, 1.82) is 0 Å². The number of nitrogens with one attached hydrogen (secondary N) is 1. The Morgan fingerprint density at radius 3 is 2.93 bits per heavy atom. The Hall–Kier alpha value is -2.25. The second kappa shape index (κ2) is 9.05. The summed E-state index contributed by atoms with van der Waals surface area (Å²) >= 11 is 0. The smallest absolute Gasteiger partial charge is 0.274 e. The first kappa shape index (κ1) is 20.0. The molecular weight excluding hydrogens is 371 g/mol. The molecule has 4 rings (SSSR count). The largest absolute Gasteiger partial charge is 0.378 e. The third-order valence-corrected chi connectivity index (χ3v) is 5.88. The molecule has 1 aromatic carbocycles. The highest BCUT2D eigenvalue weighted by Crippen LogP contribution is 2.26. The van der Waals surface area contributed by atoms with Gasteiger partial charge < -0.3 is 15.0 Å². The molecule has 0 bridgehead atoms. The fraction of sp³-hybridized carbons (Fsp3) is 0.545. The Labute approximate surface area is 171 Å². The summed E-state index contributed by atoms with van der Waals surface area (Å²) in [6.07, 6.45) is 3.54. The number of morpholine rings is 1. The fourth-order valence-corrected chi connectivity index (χ4v) is 4.32. The van der Waals surface area contributed by atoms with Crippen molar-refractivity contribution >= 4 is 5.91 Å². The van der Waals surface area contributed by atoms with Crippen LogP contribution in [0.15, 0.2) is 24.3 Å². The van der Waals surface area contributed by atoms with E-state index < -0.39 is 0 Å². The molecule has 0 saturated carbocycles.